The van der Waals surface area contributed by atoms with Crippen LogP contribution in [0.4, 0.5) is 0 Å². The van der Waals surface area contributed by atoms with Gasteiger partial charge >= 0.3 is 0 Å². The van der Waals surface area contributed by atoms with Crippen molar-refractivity contribution in [2.24, 2.45) is 11.8 Å². The smallest absolute Gasteiger partial charge is 0.0766 e. The third-order valence-corrected chi connectivity index (χ3v) is 2.97. The number of aliphatic hydroxyl groups is 2. The standard InChI is InChI=1S/C12H27NO2/c1-9(2)6-11(7-14)13-8-12(5,15)10(3)4/h9-11,13-15H,6-8H2,1-5H3. The fourth-order valence-electron chi connectivity index (χ4n) is 1.35. The maximum Gasteiger partial charge on any atom is 0.0766 e. The first-order chi connectivity index (χ1) is 6.79. The maximum atomic E-state index is 10.0. The molecule has 3 heteroatoms. The topological polar surface area (TPSA) is 52.5 Å². The van der Waals surface area contributed by atoms with Gasteiger partial charge in [-0.05, 0) is 25.2 Å². The molecule has 0 saturated heterocycles. The zero-order valence-electron chi connectivity index (χ0n) is 10.7. The van der Waals surface area contributed by atoms with E-state index in [1.165, 1.54) is 0 Å². The first-order valence-electron chi connectivity index (χ1n) is 5.86. The van der Waals surface area contributed by atoms with Crippen LogP contribution in [0.2, 0.25) is 0 Å². The Morgan fingerprint density at radius 1 is 1.20 bits per heavy atom. The van der Waals surface area contributed by atoms with Crippen molar-refractivity contribution in [3.8, 4) is 0 Å². The lowest BCUT2D eigenvalue weighted by atomic mass is 9.92. The molecule has 0 radical (unpaired) electrons. The third kappa shape index (κ3) is 6.13. The molecule has 15 heavy (non-hydrogen) atoms. The zero-order chi connectivity index (χ0) is 12.1. The molecule has 0 heterocycles. The second kappa shape index (κ2) is 6.46. The molecule has 2 atom stereocenters. The summed E-state index contributed by atoms with van der Waals surface area (Å²) in [6.45, 7) is 10.7. The summed E-state index contributed by atoms with van der Waals surface area (Å²) in [5, 5.41) is 22.4. The van der Waals surface area contributed by atoms with Crippen molar-refractivity contribution in [3.05, 3.63) is 0 Å². The lowest BCUT2D eigenvalue weighted by molar-refractivity contribution is 0.00930. The van der Waals surface area contributed by atoms with Crippen LogP contribution in [0.5, 0.6) is 0 Å². The van der Waals surface area contributed by atoms with Gasteiger partial charge in [-0.1, -0.05) is 27.7 Å². The summed E-state index contributed by atoms with van der Waals surface area (Å²) in [5.74, 6) is 0.766. The van der Waals surface area contributed by atoms with Crippen LogP contribution in [0.1, 0.15) is 41.0 Å². The van der Waals surface area contributed by atoms with Gasteiger partial charge < -0.3 is 15.5 Å². The van der Waals surface area contributed by atoms with E-state index >= 15 is 0 Å². The van der Waals surface area contributed by atoms with Crippen molar-refractivity contribution in [1.29, 1.82) is 0 Å². The molecule has 3 N–H and O–H groups in total. The van der Waals surface area contributed by atoms with E-state index in [2.05, 4.69) is 19.2 Å². The van der Waals surface area contributed by atoms with E-state index in [0.29, 0.717) is 12.5 Å². The van der Waals surface area contributed by atoms with Gasteiger partial charge in [0.15, 0.2) is 0 Å². The van der Waals surface area contributed by atoms with Crippen molar-refractivity contribution in [2.45, 2.75) is 52.7 Å². The predicted octanol–water partition coefficient (Wildman–Crippen LogP) is 1.39. The molecule has 0 bridgehead atoms. The highest BCUT2D eigenvalue weighted by Gasteiger charge is 2.25. The van der Waals surface area contributed by atoms with Gasteiger partial charge in [0.25, 0.3) is 0 Å². The molecule has 0 amide bonds. The van der Waals surface area contributed by atoms with E-state index in [1.807, 2.05) is 20.8 Å². The molecule has 0 aromatic rings. The minimum absolute atomic E-state index is 0.0928. The summed E-state index contributed by atoms with van der Waals surface area (Å²) in [7, 11) is 0. The molecular formula is C12H27NO2. The Kier molecular flexibility index (Phi) is 6.41. The maximum absolute atomic E-state index is 10.0. The Labute approximate surface area is 93.9 Å². The molecule has 0 aliphatic heterocycles. The summed E-state index contributed by atoms with van der Waals surface area (Å²) in [6, 6.07) is 0.0928. The quantitative estimate of drug-likeness (QED) is 0.604. The van der Waals surface area contributed by atoms with Crippen LogP contribution in [0.3, 0.4) is 0 Å². The van der Waals surface area contributed by atoms with E-state index in [9.17, 15) is 5.11 Å². The van der Waals surface area contributed by atoms with Crippen molar-refractivity contribution in [2.75, 3.05) is 13.2 Å². The molecule has 3 nitrogen and oxygen atoms in total. The Morgan fingerprint density at radius 2 is 1.73 bits per heavy atom. The van der Waals surface area contributed by atoms with Crippen molar-refractivity contribution in [3.63, 3.8) is 0 Å². The SMILES string of the molecule is CC(C)CC(CO)NCC(C)(O)C(C)C. The summed E-state index contributed by atoms with van der Waals surface area (Å²) in [5.41, 5.74) is -0.704. The number of rotatable bonds is 7. The van der Waals surface area contributed by atoms with Gasteiger partial charge in [-0.25, -0.2) is 0 Å². The van der Waals surface area contributed by atoms with Gasteiger partial charge in [0.05, 0.1) is 12.2 Å². The number of hydrogen-bond donors (Lipinski definition) is 3. The van der Waals surface area contributed by atoms with Crippen LogP contribution in [-0.4, -0.2) is 35.0 Å². The van der Waals surface area contributed by atoms with E-state index in [0.717, 1.165) is 6.42 Å². The highest BCUT2D eigenvalue weighted by Crippen LogP contribution is 2.15. The van der Waals surface area contributed by atoms with Crippen molar-refractivity contribution >= 4 is 0 Å². The van der Waals surface area contributed by atoms with Gasteiger partial charge in [-0.15, -0.1) is 0 Å². The lowest BCUT2D eigenvalue weighted by Gasteiger charge is -2.30. The molecule has 0 fully saturated rings. The van der Waals surface area contributed by atoms with Crippen LogP contribution in [0, 0.1) is 11.8 Å². The second-order valence-electron chi connectivity index (χ2n) is 5.40. The van der Waals surface area contributed by atoms with Crippen molar-refractivity contribution < 1.29 is 10.2 Å². The number of aliphatic hydroxyl groups excluding tert-OH is 1. The highest BCUT2D eigenvalue weighted by atomic mass is 16.3. The number of nitrogens with one attached hydrogen (secondary N) is 1. The summed E-state index contributed by atoms with van der Waals surface area (Å²) in [4.78, 5) is 0. The predicted molar refractivity (Wildman–Crippen MR) is 63.8 cm³/mol. The summed E-state index contributed by atoms with van der Waals surface area (Å²) < 4.78 is 0. The molecule has 0 spiro atoms. The molecule has 0 aromatic carbocycles. The molecule has 2 unspecified atom stereocenters. The van der Waals surface area contributed by atoms with Crippen LogP contribution in [-0.2, 0) is 0 Å². The van der Waals surface area contributed by atoms with Crippen LogP contribution in [0.15, 0.2) is 0 Å². The Bertz CT molecular complexity index is 167. The average molecular weight is 217 g/mol. The fraction of sp³-hybridized carbons (Fsp3) is 1.00. The van der Waals surface area contributed by atoms with E-state index < -0.39 is 5.60 Å². The van der Waals surface area contributed by atoms with Crippen LogP contribution >= 0.6 is 0 Å². The first kappa shape index (κ1) is 14.9. The third-order valence-electron chi connectivity index (χ3n) is 2.97. The first-order valence-corrected chi connectivity index (χ1v) is 5.86. The monoisotopic (exact) mass is 217 g/mol. The van der Waals surface area contributed by atoms with Crippen LogP contribution in [0.25, 0.3) is 0 Å². The summed E-state index contributed by atoms with van der Waals surface area (Å²) in [6.07, 6.45) is 0.935. The van der Waals surface area contributed by atoms with E-state index in [4.69, 9.17) is 5.11 Å². The molecule has 0 aliphatic carbocycles. The normalized spacial score (nSPS) is 18.2. The molecule has 0 rings (SSSR count). The molecule has 0 aromatic heterocycles. The molecule has 0 saturated carbocycles. The fourth-order valence-corrected chi connectivity index (χ4v) is 1.35. The highest BCUT2D eigenvalue weighted by molar-refractivity contribution is 4.81. The Balaban J connectivity index is 4.00. The van der Waals surface area contributed by atoms with Gasteiger partial charge in [-0.2, -0.15) is 0 Å². The number of hydrogen-bond acceptors (Lipinski definition) is 3. The van der Waals surface area contributed by atoms with E-state index in [1.54, 1.807) is 0 Å². The van der Waals surface area contributed by atoms with Gasteiger partial charge in [0, 0.05) is 12.6 Å². The van der Waals surface area contributed by atoms with Crippen molar-refractivity contribution in [1.82, 2.24) is 5.32 Å². The van der Waals surface area contributed by atoms with Gasteiger partial charge in [0.2, 0.25) is 0 Å². The Hall–Kier alpha value is -0.120. The van der Waals surface area contributed by atoms with E-state index in [-0.39, 0.29) is 18.6 Å². The lowest BCUT2D eigenvalue weighted by Crippen LogP contribution is -2.47. The minimum Gasteiger partial charge on any atom is -0.395 e. The van der Waals surface area contributed by atoms with Gasteiger partial charge in [-0.3, -0.25) is 0 Å². The van der Waals surface area contributed by atoms with Gasteiger partial charge in [0.1, 0.15) is 0 Å². The van der Waals surface area contributed by atoms with Crippen LogP contribution < -0.4 is 5.32 Å². The molecular weight excluding hydrogens is 190 g/mol. The molecule has 0 aliphatic rings. The zero-order valence-corrected chi connectivity index (χ0v) is 10.7. The second-order valence-corrected chi connectivity index (χ2v) is 5.40. The molecule has 92 valence electrons. The average Bonchev–Trinajstić information content (AvgIpc) is 2.11. The minimum atomic E-state index is -0.704. The Morgan fingerprint density at radius 3 is 2.07 bits per heavy atom. The summed E-state index contributed by atoms with van der Waals surface area (Å²) >= 11 is 0. The largest absolute Gasteiger partial charge is 0.395 e.